The topological polar surface area (TPSA) is 106 Å². The molecule has 1 aliphatic rings. The van der Waals surface area contributed by atoms with Crippen molar-refractivity contribution in [3.8, 4) is 0 Å². The Morgan fingerprint density at radius 3 is 2.53 bits per heavy atom. The molecule has 1 unspecified atom stereocenters. The van der Waals surface area contributed by atoms with Crippen LogP contribution in [0.2, 0.25) is 0 Å². The van der Waals surface area contributed by atoms with Crippen LogP contribution < -0.4 is 11.1 Å². The lowest BCUT2D eigenvalue weighted by molar-refractivity contribution is -0.119. The number of ketones is 3. The summed E-state index contributed by atoms with van der Waals surface area (Å²) in [6.45, 7) is 1.59. The molecule has 3 N–H and O–H groups in total. The summed E-state index contributed by atoms with van der Waals surface area (Å²) >= 11 is 0. The Morgan fingerprint density at radius 1 is 1.26 bits per heavy atom. The van der Waals surface area contributed by atoms with Crippen molar-refractivity contribution in [3.63, 3.8) is 0 Å². The number of nitrogens with one attached hydrogen (secondary N) is 1. The summed E-state index contributed by atoms with van der Waals surface area (Å²) in [7, 11) is 0. The molecule has 0 radical (unpaired) electrons. The van der Waals surface area contributed by atoms with Gasteiger partial charge in [-0.3, -0.25) is 14.4 Å². The number of Topliss-reactive ketones (excluding diaryl/α,β-unsaturated/α-hetero) is 3. The van der Waals surface area contributed by atoms with E-state index in [-0.39, 0.29) is 23.2 Å². The number of anilines is 1. The maximum Gasteiger partial charge on any atom is 0.316 e. The lowest BCUT2D eigenvalue weighted by Gasteiger charge is -2.06. The van der Waals surface area contributed by atoms with Gasteiger partial charge < -0.3 is 11.1 Å². The zero-order valence-corrected chi connectivity index (χ0v) is 10.2. The number of primary amides is 1. The van der Waals surface area contributed by atoms with Crippen molar-refractivity contribution < 1.29 is 19.2 Å². The minimum atomic E-state index is -1.28. The molecule has 2 amide bonds. The zero-order chi connectivity index (χ0) is 14.2. The molecule has 98 valence electrons. The number of carbonyl (C=O) groups excluding carboxylic acids is 4. The molecule has 0 fully saturated rings. The third-order valence-electron chi connectivity index (χ3n) is 3.03. The first-order chi connectivity index (χ1) is 8.97. The Balaban J connectivity index is 2.53. The molecule has 6 nitrogen and oxygen atoms in total. The van der Waals surface area contributed by atoms with Gasteiger partial charge >= 0.3 is 6.03 Å². The maximum atomic E-state index is 12.2. The van der Waals surface area contributed by atoms with E-state index in [2.05, 4.69) is 5.32 Å². The van der Waals surface area contributed by atoms with Crippen molar-refractivity contribution >= 4 is 29.1 Å². The number of benzene rings is 1. The number of hydrogen-bond acceptors (Lipinski definition) is 4. The first-order valence-electron chi connectivity index (χ1n) is 5.78. The fourth-order valence-electron chi connectivity index (χ4n) is 2.18. The molecule has 19 heavy (non-hydrogen) atoms. The molecule has 0 heterocycles. The number of fused-ring (bicyclic) bond motifs is 1. The molecule has 0 aromatic heterocycles. The van der Waals surface area contributed by atoms with Gasteiger partial charge in [0.2, 0.25) is 0 Å². The van der Waals surface area contributed by atoms with Gasteiger partial charge in [-0.1, -0.05) is 19.1 Å². The summed E-state index contributed by atoms with van der Waals surface area (Å²) in [5, 5.41) is 2.29. The molecule has 1 atom stereocenters. The molecular formula is C13H12N2O4. The van der Waals surface area contributed by atoms with Gasteiger partial charge in [0, 0.05) is 12.0 Å². The average molecular weight is 260 g/mol. The van der Waals surface area contributed by atoms with Crippen LogP contribution in [0.3, 0.4) is 0 Å². The van der Waals surface area contributed by atoms with E-state index in [4.69, 9.17) is 5.73 Å². The summed E-state index contributed by atoms with van der Waals surface area (Å²) in [5.41, 5.74) is 5.39. The van der Waals surface area contributed by atoms with E-state index in [9.17, 15) is 19.2 Å². The quantitative estimate of drug-likeness (QED) is 0.795. The highest BCUT2D eigenvalue weighted by atomic mass is 16.2. The van der Waals surface area contributed by atoms with Gasteiger partial charge in [0.1, 0.15) is 5.92 Å². The summed E-state index contributed by atoms with van der Waals surface area (Å²) in [4.78, 5) is 46.8. The van der Waals surface area contributed by atoms with Gasteiger partial charge in [0.05, 0.1) is 11.3 Å². The molecule has 0 saturated carbocycles. The first kappa shape index (κ1) is 12.9. The van der Waals surface area contributed by atoms with Crippen molar-refractivity contribution in [3.05, 3.63) is 29.3 Å². The Labute approximate surface area is 109 Å². The lowest BCUT2D eigenvalue weighted by atomic mass is 9.97. The van der Waals surface area contributed by atoms with Crippen molar-refractivity contribution in [2.45, 2.75) is 13.3 Å². The SMILES string of the molecule is CCC(=O)C1C(=O)c2cccc(NC(N)=O)c2C1=O. The molecule has 2 rings (SSSR count). The normalized spacial score (nSPS) is 17.2. The number of nitrogens with two attached hydrogens (primary N) is 1. The zero-order valence-electron chi connectivity index (χ0n) is 10.2. The van der Waals surface area contributed by atoms with Crippen LogP contribution in [0.4, 0.5) is 10.5 Å². The first-order valence-corrected chi connectivity index (χ1v) is 5.78. The summed E-state index contributed by atoms with van der Waals surface area (Å²) in [6.07, 6.45) is 0.106. The predicted molar refractivity (Wildman–Crippen MR) is 67.1 cm³/mol. The van der Waals surface area contributed by atoms with E-state index >= 15 is 0 Å². The fraction of sp³-hybridized carbons (Fsp3) is 0.231. The van der Waals surface area contributed by atoms with Crippen LogP contribution in [0.25, 0.3) is 0 Å². The number of amides is 2. The Kier molecular flexibility index (Phi) is 3.16. The highest BCUT2D eigenvalue weighted by Crippen LogP contribution is 2.33. The van der Waals surface area contributed by atoms with Crippen LogP contribution in [0.1, 0.15) is 34.1 Å². The lowest BCUT2D eigenvalue weighted by Crippen LogP contribution is -2.25. The highest BCUT2D eigenvalue weighted by Gasteiger charge is 2.43. The van der Waals surface area contributed by atoms with Crippen molar-refractivity contribution in [1.82, 2.24) is 0 Å². The van der Waals surface area contributed by atoms with Crippen LogP contribution >= 0.6 is 0 Å². The maximum absolute atomic E-state index is 12.2. The smallest absolute Gasteiger partial charge is 0.316 e. The van der Waals surface area contributed by atoms with E-state index in [1.165, 1.54) is 18.2 Å². The number of rotatable bonds is 3. The minimum absolute atomic E-state index is 0.0677. The van der Waals surface area contributed by atoms with Gasteiger partial charge in [-0.15, -0.1) is 0 Å². The molecule has 1 aromatic rings. The monoisotopic (exact) mass is 260 g/mol. The summed E-state index contributed by atoms with van der Waals surface area (Å²) in [5.74, 6) is -2.79. The van der Waals surface area contributed by atoms with Crippen LogP contribution in [0, 0.1) is 5.92 Å². The van der Waals surface area contributed by atoms with Gasteiger partial charge in [0.25, 0.3) is 0 Å². The molecule has 1 aromatic carbocycles. The Bertz CT molecular complexity index is 607. The predicted octanol–water partition coefficient (Wildman–Crippen LogP) is 1.15. The van der Waals surface area contributed by atoms with E-state index in [1.807, 2.05) is 0 Å². The molecule has 6 heteroatoms. The molecular weight excluding hydrogens is 248 g/mol. The van der Waals surface area contributed by atoms with Crippen LogP contribution in [0.15, 0.2) is 18.2 Å². The van der Waals surface area contributed by atoms with Gasteiger partial charge in [-0.25, -0.2) is 4.79 Å². The largest absolute Gasteiger partial charge is 0.351 e. The summed E-state index contributed by atoms with van der Waals surface area (Å²) in [6, 6.07) is 3.62. The standard InChI is InChI=1S/C13H12N2O4/c1-2-8(16)10-11(17)6-4-3-5-7(15-13(14)19)9(6)12(10)18/h3-5,10H,2H2,1H3,(H3,14,15,19). The minimum Gasteiger partial charge on any atom is -0.351 e. The van der Waals surface area contributed by atoms with E-state index in [0.29, 0.717) is 0 Å². The second kappa shape index (κ2) is 4.64. The fourth-order valence-corrected chi connectivity index (χ4v) is 2.18. The number of hydrogen-bond donors (Lipinski definition) is 2. The Hall–Kier alpha value is -2.50. The van der Waals surface area contributed by atoms with Gasteiger partial charge in [0.15, 0.2) is 17.3 Å². The molecule has 0 bridgehead atoms. The average Bonchev–Trinajstić information content (AvgIpc) is 2.61. The van der Waals surface area contributed by atoms with Crippen LogP contribution in [0.5, 0.6) is 0 Å². The van der Waals surface area contributed by atoms with Crippen molar-refractivity contribution in [2.75, 3.05) is 5.32 Å². The van der Waals surface area contributed by atoms with E-state index in [0.717, 1.165) is 0 Å². The number of urea groups is 1. The van der Waals surface area contributed by atoms with E-state index in [1.54, 1.807) is 6.92 Å². The van der Waals surface area contributed by atoms with Gasteiger partial charge in [-0.2, -0.15) is 0 Å². The molecule has 0 saturated heterocycles. The van der Waals surface area contributed by atoms with Crippen LogP contribution in [-0.2, 0) is 4.79 Å². The summed E-state index contributed by atoms with van der Waals surface area (Å²) < 4.78 is 0. The highest BCUT2D eigenvalue weighted by molar-refractivity contribution is 6.37. The van der Waals surface area contributed by atoms with Crippen LogP contribution in [-0.4, -0.2) is 23.4 Å². The molecule has 1 aliphatic carbocycles. The second-order valence-electron chi connectivity index (χ2n) is 4.20. The third kappa shape index (κ3) is 2.01. The van der Waals surface area contributed by atoms with Gasteiger partial charge in [-0.05, 0) is 6.07 Å². The number of carbonyl (C=O) groups is 4. The van der Waals surface area contributed by atoms with Crippen molar-refractivity contribution in [1.29, 1.82) is 0 Å². The van der Waals surface area contributed by atoms with Crippen molar-refractivity contribution in [2.24, 2.45) is 11.7 Å². The van der Waals surface area contributed by atoms with E-state index < -0.39 is 29.3 Å². The molecule has 0 spiro atoms. The molecule has 0 aliphatic heterocycles. The second-order valence-corrected chi connectivity index (χ2v) is 4.20. The third-order valence-corrected chi connectivity index (χ3v) is 3.03. The Morgan fingerprint density at radius 2 is 1.95 bits per heavy atom.